The van der Waals surface area contributed by atoms with Crippen molar-refractivity contribution in [1.82, 2.24) is 10.2 Å². The van der Waals surface area contributed by atoms with E-state index in [9.17, 15) is 13.2 Å². The second-order valence-corrected chi connectivity index (χ2v) is 5.48. The van der Waals surface area contributed by atoms with Crippen LogP contribution in [-0.2, 0) is 6.18 Å². The highest BCUT2D eigenvalue weighted by Crippen LogP contribution is 2.32. The Kier molecular flexibility index (Phi) is 4.92. The van der Waals surface area contributed by atoms with Crippen LogP contribution in [0.5, 0.6) is 0 Å². The third kappa shape index (κ3) is 3.84. The minimum atomic E-state index is -4.39. The summed E-state index contributed by atoms with van der Waals surface area (Å²) in [6.45, 7) is -0.340. The monoisotopic (exact) mass is 364 g/mol. The van der Waals surface area contributed by atoms with Crippen LogP contribution in [0.15, 0.2) is 52.9 Å². The van der Waals surface area contributed by atoms with Crippen molar-refractivity contribution in [2.75, 3.05) is 11.9 Å². The summed E-state index contributed by atoms with van der Waals surface area (Å²) in [5.74, 6) is 0.269. The van der Waals surface area contributed by atoms with Crippen LogP contribution in [0.4, 0.5) is 24.5 Å². The van der Waals surface area contributed by atoms with Crippen LogP contribution in [0.3, 0.4) is 0 Å². The van der Waals surface area contributed by atoms with E-state index in [4.69, 9.17) is 15.3 Å². The molecular formula is C17H15F3N4O2. The number of nitrogens with one attached hydrogen (secondary N) is 1. The van der Waals surface area contributed by atoms with Crippen molar-refractivity contribution in [3.63, 3.8) is 0 Å². The Bertz CT molecular complexity index is 878. The van der Waals surface area contributed by atoms with Gasteiger partial charge in [0.05, 0.1) is 23.4 Å². The molecule has 0 saturated heterocycles. The van der Waals surface area contributed by atoms with Crippen LogP contribution in [0.2, 0.25) is 0 Å². The molecule has 0 aliphatic rings. The van der Waals surface area contributed by atoms with Crippen molar-refractivity contribution in [3.8, 4) is 11.5 Å². The van der Waals surface area contributed by atoms with Crippen molar-refractivity contribution < 1.29 is 22.7 Å². The summed E-state index contributed by atoms with van der Waals surface area (Å²) in [5.41, 5.74) is 6.51. The molecule has 136 valence electrons. The third-order valence-electron chi connectivity index (χ3n) is 3.60. The fourth-order valence-corrected chi connectivity index (χ4v) is 2.25. The minimum absolute atomic E-state index is 0.0897. The highest BCUT2D eigenvalue weighted by atomic mass is 19.4. The number of aromatic nitrogens is 2. The van der Waals surface area contributed by atoms with Gasteiger partial charge in [-0.05, 0) is 36.4 Å². The zero-order valence-electron chi connectivity index (χ0n) is 13.4. The summed E-state index contributed by atoms with van der Waals surface area (Å²) in [6.07, 6.45) is -4.39. The van der Waals surface area contributed by atoms with Gasteiger partial charge >= 0.3 is 6.18 Å². The molecule has 6 nitrogen and oxygen atoms in total. The number of aliphatic hydroxyl groups excluding tert-OH is 1. The van der Waals surface area contributed by atoms with Crippen LogP contribution in [0.1, 0.15) is 17.5 Å². The number of hydrogen-bond acceptors (Lipinski definition) is 6. The number of nitrogens with two attached hydrogens (primary N) is 1. The number of halogens is 3. The number of rotatable bonds is 5. The largest absolute Gasteiger partial charge is 0.419 e. The van der Waals surface area contributed by atoms with E-state index in [1.54, 1.807) is 24.3 Å². The molecule has 0 aliphatic heterocycles. The van der Waals surface area contributed by atoms with E-state index in [1.165, 1.54) is 12.1 Å². The molecule has 4 N–H and O–H groups in total. The zero-order valence-corrected chi connectivity index (χ0v) is 13.4. The summed E-state index contributed by atoms with van der Waals surface area (Å²) in [4.78, 5) is 0. The quantitative estimate of drug-likeness (QED) is 0.641. The van der Waals surface area contributed by atoms with E-state index in [1.807, 2.05) is 0 Å². The van der Waals surface area contributed by atoms with Crippen molar-refractivity contribution in [2.24, 2.45) is 5.73 Å². The lowest BCUT2D eigenvalue weighted by Gasteiger charge is -2.11. The van der Waals surface area contributed by atoms with Crippen molar-refractivity contribution >= 4 is 11.4 Å². The molecule has 0 radical (unpaired) electrons. The van der Waals surface area contributed by atoms with Gasteiger partial charge in [0.2, 0.25) is 11.8 Å². The molecule has 1 heterocycles. The van der Waals surface area contributed by atoms with Gasteiger partial charge in [-0.25, -0.2) is 0 Å². The van der Waals surface area contributed by atoms with Crippen molar-refractivity contribution in [2.45, 2.75) is 12.2 Å². The Labute approximate surface area is 146 Å². The summed E-state index contributed by atoms with van der Waals surface area (Å²) >= 11 is 0. The number of hydrogen-bond donors (Lipinski definition) is 3. The van der Waals surface area contributed by atoms with Crippen LogP contribution in [0, 0.1) is 0 Å². The Balaban J connectivity index is 1.87. The Morgan fingerprint density at radius 3 is 2.42 bits per heavy atom. The van der Waals surface area contributed by atoms with Crippen LogP contribution in [-0.4, -0.2) is 21.9 Å². The third-order valence-corrected chi connectivity index (χ3v) is 3.60. The zero-order chi connectivity index (χ0) is 18.7. The number of para-hydroxylation sites is 1. The number of aliphatic hydroxyl groups is 1. The lowest BCUT2D eigenvalue weighted by atomic mass is 10.1. The van der Waals surface area contributed by atoms with Gasteiger partial charge in [-0.15, -0.1) is 10.2 Å². The van der Waals surface area contributed by atoms with Gasteiger partial charge in [0, 0.05) is 5.69 Å². The van der Waals surface area contributed by atoms with Crippen molar-refractivity contribution in [1.29, 1.82) is 0 Å². The van der Waals surface area contributed by atoms with Gasteiger partial charge < -0.3 is 20.6 Å². The molecule has 0 spiro atoms. The maximum atomic E-state index is 12.7. The van der Waals surface area contributed by atoms with E-state index in [-0.39, 0.29) is 18.4 Å². The van der Waals surface area contributed by atoms with E-state index >= 15 is 0 Å². The molecule has 1 atom stereocenters. The van der Waals surface area contributed by atoms with E-state index in [0.29, 0.717) is 16.9 Å². The van der Waals surface area contributed by atoms with E-state index in [2.05, 4.69) is 15.5 Å². The highest BCUT2D eigenvalue weighted by Gasteiger charge is 2.30. The SMILES string of the molecule is NC(CO)c1nnc(-c2ccccc2Nc2ccc(C(F)(F)F)cc2)o1. The molecule has 26 heavy (non-hydrogen) atoms. The summed E-state index contributed by atoms with van der Waals surface area (Å²) in [6, 6.07) is 10.8. The van der Waals surface area contributed by atoms with Crippen LogP contribution >= 0.6 is 0 Å². The second-order valence-electron chi connectivity index (χ2n) is 5.48. The maximum Gasteiger partial charge on any atom is 0.416 e. The van der Waals surface area contributed by atoms with Gasteiger partial charge in [0.1, 0.15) is 6.04 Å². The average Bonchev–Trinajstić information content (AvgIpc) is 3.11. The first kappa shape index (κ1) is 17.9. The molecule has 0 bridgehead atoms. The molecular weight excluding hydrogens is 349 g/mol. The molecule has 0 aliphatic carbocycles. The number of benzene rings is 2. The van der Waals surface area contributed by atoms with Crippen molar-refractivity contribution in [3.05, 3.63) is 60.0 Å². The molecule has 2 aromatic carbocycles. The average molecular weight is 364 g/mol. The summed E-state index contributed by atoms with van der Waals surface area (Å²) in [7, 11) is 0. The van der Waals surface area contributed by atoms with Crippen LogP contribution < -0.4 is 11.1 Å². The molecule has 9 heteroatoms. The molecule has 0 fully saturated rings. The Morgan fingerprint density at radius 2 is 1.77 bits per heavy atom. The number of nitrogens with zero attached hydrogens (tertiary/aromatic N) is 2. The molecule has 1 aromatic heterocycles. The molecule has 0 saturated carbocycles. The number of anilines is 2. The highest BCUT2D eigenvalue weighted by molar-refractivity contribution is 5.76. The van der Waals surface area contributed by atoms with Gasteiger partial charge in [-0.2, -0.15) is 13.2 Å². The van der Waals surface area contributed by atoms with Gasteiger partial charge in [0.25, 0.3) is 0 Å². The first-order valence-electron chi connectivity index (χ1n) is 7.62. The molecule has 0 amide bonds. The Hall–Kier alpha value is -2.91. The van der Waals surface area contributed by atoms with E-state index in [0.717, 1.165) is 12.1 Å². The summed E-state index contributed by atoms with van der Waals surface area (Å²) < 4.78 is 43.4. The lowest BCUT2D eigenvalue weighted by Crippen LogP contribution is -2.14. The first-order chi connectivity index (χ1) is 12.4. The molecule has 3 aromatic rings. The van der Waals surface area contributed by atoms with Gasteiger partial charge in [-0.1, -0.05) is 12.1 Å². The maximum absolute atomic E-state index is 12.7. The topological polar surface area (TPSA) is 97.2 Å². The standard InChI is InChI=1S/C17H15F3N4O2/c18-17(19,20)10-5-7-11(8-6-10)22-14-4-2-1-3-12(14)15-23-24-16(26-15)13(21)9-25/h1-8,13,22,25H,9,21H2. The lowest BCUT2D eigenvalue weighted by molar-refractivity contribution is -0.137. The predicted octanol–water partition coefficient (Wildman–Crippen LogP) is 3.49. The molecule has 3 rings (SSSR count). The Morgan fingerprint density at radius 1 is 1.08 bits per heavy atom. The molecule has 1 unspecified atom stereocenters. The number of alkyl halides is 3. The second kappa shape index (κ2) is 7.14. The summed E-state index contributed by atoms with van der Waals surface area (Å²) in [5, 5.41) is 19.8. The van der Waals surface area contributed by atoms with Gasteiger partial charge in [0.15, 0.2) is 0 Å². The fraction of sp³-hybridized carbons (Fsp3) is 0.176. The smallest absolute Gasteiger partial charge is 0.416 e. The van der Waals surface area contributed by atoms with E-state index < -0.39 is 17.8 Å². The normalized spacial score (nSPS) is 12.8. The predicted molar refractivity (Wildman–Crippen MR) is 88.5 cm³/mol. The minimum Gasteiger partial charge on any atom is -0.419 e. The first-order valence-corrected chi connectivity index (χ1v) is 7.62. The fourth-order valence-electron chi connectivity index (χ4n) is 2.25. The van der Waals surface area contributed by atoms with Crippen LogP contribution in [0.25, 0.3) is 11.5 Å². The van der Waals surface area contributed by atoms with Gasteiger partial charge in [-0.3, -0.25) is 0 Å².